The normalized spacial score (nSPS) is 15.8. The fourth-order valence-electron chi connectivity index (χ4n) is 2.62. The van der Waals surface area contributed by atoms with E-state index in [1.807, 2.05) is 6.92 Å². The van der Waals surface area contributed by atoms with E-state index < -0.39 is 17.6 Å². The van der Waals surface area contributed by atoms with E-state index in [0.29, 0.717) is 27.4 Å². The van der Waals surface area contributed by atoms with E-state index >= 15 is 0 Å². The molecule has 0 aliphatic carbocycles. The minimum atomic E-state index is -0.736. The van der Waals surface area contributed by atoms with E-state index in [9.17, 15) is 14.0 Å². The van der Waals surface area contributed by atoms with Crippen molar-refractivity contribution in [3.05, 3.63) is 62.8 Å². The average Bonchev–Trinajstić information content (AvgIpc) is 2.63. The number of hydrogen-bond donors (Lipinski definition) is 1. The second kappa shape index (κ2) is 8.38. The Morgan fingerprint density at radius 3 is 2.68 bits per heavy atom. The number of carbonyl (C=O) groups excluding carboxylic acids is 2. The van der Waals surface area contributed by atoms with Crippen molar-refractivity contribution in [1.29, 1.82) is 0 Å². The van der Waals surface area contributed by atoms with Crippen molar-refractivity contribution in [3.8, 4) is 5.75 Å². The zero-order chi connectivity index (χ0) is 20.4. The summed E-state index contributed by atoms with van der Waals surface area (Å²) in [6.45, 7) is 2.25. The highest BCUT2D eigenvalue weighted by atomic mass is 79.9. The maximum atomic E-state index is 14.2. The Labute approximate surface area is 179 Å². The van der Waals surface area contributed by atoms with Crippen LogP contribution in [0.3, 0.4) is 0 Å². The van der Waals surface area contributed by atoms with Crippen molar-refractivity contribution >= 4 is 68.4 Å². The summed E-state index contributed by atoms with van der Waals surface area (Å²) in [5, 5.41) is 2.53. The number of benzene rings is 2. The molecule has 0 spiro atoms. The van der Waals surface area contributed by atoms with Gasteiger partial charge in [-0.3, -0.25) is 14.9 Å². The van der Waals surface area contributed by atoms with Crippen LogP contribution in [-0.4, -0.2) is 23.5 Å². The van der Waals surface area contributed by atoms with E-state index in [-0.39, 0.29) is 16.4 Å². The number of hydrogen-bond acceptors (Lipinski definition) is 4. The number of nitrogens with one attached hydrogen (secondary N) is 1. The van der Waals surface area contributed by atoms with Crippen molar-refractivity contribution in [2.24, 2.45) is 0 Å². The number of anilines is 1. The molecule has 3 rings (SSSR count). The lowest BCUT2D eigenvalue weighted by atomic mass is 10.1. The van der Waals surface area contributed by atoms with Gasteiger partial charge in [0.05, 0.1) is 21.8 Å². The first-order valence-corrected chi connectivity index (χ1v) is 9.69. The van der Waals surface area contributed by atoms with Gasteiger partial charge in [0.1, 0.15) is 11.4 Å². The van der Waals surface area contributed by atoms with Gasteiger partial charge in [0.2, 0.25) is 0 Å². The van der Waals surface area contributed by atoms with Crippen molar-refractivity contribution in [2.45, 2.75) is 6.92 Å². The first-order valence-electron chi connectivity index (χ1n) is 8.11. The van der Waals surface area contributed by atoms with Crippen LogP contribution >= 0.6 is 39.7 Å². The van der Waals surface area contributed by atoms with Gasteiger partial charge in [0.25, 0.3) is 11.8 Å². The quantitative estimate of drug-likeness (QED) is 0.396. The molecule has 1 N–H and O–H groups in total. The van der Waals surface area contributed by atoms with Crippen molar-refractivity contribution in [2.75, 3.05) is 11.5 Å². The highest BCUT2D eigenvalue weighted by Gasteiger charge is 2.35. The molecule has 1 saturated heterocycles. The van der Waals surface area contributed by atoms with Crippen LogP contribution in [0.15, 0.2) is 46.4 Å². The first-order chi connectivity index (χ1) is 13.3. The monoisotopic (exact) mass is 482 g/mol. The Morgan fingerprint density at radius 2 is 2.04 bits per heavy atom. The molecule has 0 radical (unpaired) electrons. The number of para-hydroxylation sites is 1. The molecule has 1 heterocycles. The van der Waals surface area contributed by atoms with Crippen molar-refractivity contribution < 1.29 is 18.7 Å². The van der Waals surface area contributed by atoms with Crippen molar-refractivity contribution in [1.82, 2.24) is 5.32 Å². The van der Waals surface area contributed by atoms with Gasteiger partial charge < -0.3 is 4.74 Å². The minimum absolute atomic E-state index is 0.0469. The van der Waals surface area contributed by atoms with Gasteiger partial charge in [-0.25, -0.2) is 9.29 Å². The Morgan fingerprint density at radius 1 is 1.32 bits per heavy atom. The molecule has 2 aromatic carbocycles. The second-order valence-corrected chi connectivity index (χ2v) is 7.30. The Bertz CT molecular complexity index is 1000. The molecule has 0 unspecified atom stereocenters. The molecule has 0 bridgehead atoms. The summed E-state index contributed by atoms with van der Waals surface area (Å²) in [6, 6.07) is 8.88. The third-order valence-corrected chi connectivity index (χ3v) is 4.97. The summed E-state index contributed by atoms with van der Waals surface area (Å²) < 4.78 is 20.2. The summed E-state index contributed by atoms with van der Waals surface area (Å²) in [5.41, 5.74) is 0.235. The maximum absolute atomic E-state index is 14.2. The molecule has 0 atom stereocenters. The molecule has 2 amide bonds. The van der Waals surface area contributed by atoms with Gasteiger partial charge >= 0.3 is 0 Å². The van der Waals surface area contributed by atoms with Crippen molar-refractivity contribution in [3.63, 3.8) is 0 Å². The van der Waals surface area contributed by atoms with E-state index in [0.717, 1.165) is 4.90 Å². The van der Waals surface area contributed by atoms with Gasteiger partial charge in [0.15, 0.2) is 10.9 Å². The van der Waals surface area contributed by atoms with Crippen LogP contribution < -0.4 is 15.0 Å². The lowest BCUT2D eigenvalue weighted by Crippen LogP contribution is -2.54. The van der Waals surface area contributed by atoms with Crippen LogP contribution in [0.4, 0.5) is 10.1 Å². The average molecular weight is 484 g/mol. The molecular weight excluding hydrogens is 471 g/mol. The molecule has 1 aliphatic heterocycles. The second-order valence-electron chi connectivity index (χ2n) is 5.66. The van der Waals surface area contributed by atoms with Gasteiger partial charge in [-0.2, -0.15) is 0 Å². The number of halogens is 3. The SMILES string of the molecule is CCOc1c(Cl)cc(/C=C2\C(=O)NC(=S)N(c3ccccc3F)C2=O)cc1Br. The van der Waals surface area contributed by atoms with E-state index in [1.54, 1.807) is 18.2 Å². The Balaban J connectivity index is 2.04. The molecule has 2 aromatic rings. The molecule has 1 aliphatic rings. The van der Waals surface area contributed by atoms with E-state index in [1.165, 1.54) is 24.3 Å². The third kappa shape index (κ3) is 3.94. The van der Waals surface area contributed by atoms with Crippen LogP contribution in [-0.2, 0) is 9.59 Å². The molecule has 0 saturated carbocycles. The molecule has 1 fully saturated rings. The van der Waals surface area contributed by atoms with Crippen LogP contribution in [0.25, 0.3) is 6.08 Å². The fraction of sp³-hybridized carbons (Fsp3) is 0.105. The van der Waals surface area contributed by atoms with Crippen LogP contribution in [0.2, 0.25) is 5.02 Å². The van der Waals surface area contributed by atoms with Crippen LogP contribution in [0.1, 0.15) is 12.5 Å². The maximum Gasteiger partial charge on any atom is 0.270 e. The van der Waals surface area contributed by atoms with Gasteiger partial charge in [-0.05, 0) is 71.0 Å². The van der Waals surface area contributed by atoms with Crippen LogP contribution in [0.5, 0.6) is 5.75 Å². The first kappa shape index (κ1) is 20.4. The summed E-state index contributed by atoms with van der Waals surface area (Å²) >= 11 is 14.6. The fourth-order valence-corrected chi connectivity index (χ4v) is 3.88. The van der Waals surface area contributed by atoms with E-state index in [4.69, 9.17) is 28.6 Å². The summed E-state index contributed by atoms with van der Waals surface area (Å²) in [4.78, 5) is 26.2. The minimum Gasteiger partial charge on any atom is -0.491 e. The Hall–Kier alpha value is -2.29. The third-order valence-electron chi connectivity index (χ3n) is 3.82. The number of thiocarbonyl (C=S) groups is 1. The number of nitrogens with zero attached hydrogens (tertiary/aromatic N) is 1. The summed E-state index contributed by atoms with van der Waals surface area (Å²) in [6.07, 6.45) is 1.36. The molecule has 0 aromatic heterocycles. The standard InChI is InChI=1S/C19H13BrClFN2O3S/c1-2-27-16-12(20)8-10(9-13(16)21)7-11-17(25)23-19(28)24(18(11)26)15-6-4-3-5-14(15)22/h3-9H,2H2,1H3,(H,23,25,28)/b11-7+. The molecule has 5 nitrogen and oxygen atoms in total. The topological polar surface area (TPSA) is 58.6 Å². The van der Waals surface area contributed by atoms with Crippen LogP contribution in [0, 0.1) is 5.82 Å². The number of carbonyl (C=O) groups is 2. The molecular formula is C19H13BrClFN2O3S. The lowest BCUT2D eigenvalue weighted by Gasteiger charge is -2.29. The predicted octanol–water partition coefficient (Wildman–Crippen LogP) is 4.47. The highest BCUT2D eigenvalue weighted by molar-refractivity contribution is 9.10. The molecule has 144 valence electrons. The number of rotatable bonds is 4. The smallest absolute Gasteiger partial charge is 0.270 e. The predicted molar refractivity (Wildman–Crippen MR) is 113 cm³/mol. The lowest BCUT2D eigenvalue weighted by molar-refractivity contribution is -0.122. The zero-order valence-electron chi connectivity index (χ0n) is 14.5. The molecule has 9 heteroatoms. The van der Waals surface area contributed by atoms with Gasteiger partial charge in [-0.1, -0.05) is 23.7 Å². The zero-order valence-corrected chi connectivity index (χ0v) is 17.6. The molecule has 28 heavy (non-hydrogen) atoms. The largest absolute Gasteiger partial charge is 0.491 e. The number of amides is 2. The van der Waals surface area contributed by atoms with Gasteiger partial charge in [-0.15, -0.1) is 0 Å². The summed E-state index contributed by atoms with van der Waals surface area (Å²) in [5.74, 6) is -1.59. The van der Waals surface area contributed by atoms with Gasteiger partial charge in [0, 0.05) is 0 Å². The Kier molecular flexibility index (Phi) is 6.12. The number of ether oxygens (including phenoxy) is 1. The van der Waals surface area contributed by atoms with E-state index in [2.05, 4.69) is 21.2 Å². The summed E-state index contributed by atoms with van der Waals surface area (Å²) in [7, 11) is 0. The highest BCUT2D eigenvalue weighted by Crippen LogP contribution is 2.35.